The molecule has 0 spiro atoms. The van der Waals surface area contributed by atoms with Crippen molar-refractivity contribution >= 4 is 5.97 Å². The molecule has 1 aromatic carbocycles. The molecule has 3 nitrogen and oxygen atoms in total. The number of rotatable bonds is 3. The molecule has 0 aliphatic rings. The molecule has 108 valence electrons. The first kappa shape index (κ1) is 17.4. The van der Waals surface area contributed by atoms with Crippen LogP contribution in [0.25, 0.3) is 0 Å². The van der Waals surface area contributed by atoms with Gasteiger partial charge in [0.2, 0.25) is 0 Å². The first-order valence-corrected chi connectivity index (χ1v) is 5.85. The lowest BCUT2D eigenvalue weighted by Crippen LogP contribution is -2.28. The Morgan fingerprint density at radius 2 is 1.89 bits per heavy atom. The van der Waals surface area contributed by atoms with Crippen LogP contribution in [0.2, 0.25) is 0 Å². The SMILES string of the molecule is CC.Cc1cc(C(N)C(F)(F)F)ccc1CC(=O)O. The van der Waals surface area contributed by atoms with Crippen LogP contribution in [0.5, 0.6) is 0 Å². The molecule has 3 N–H and O–H groups in total. The minimum absolute atomic E-state index is 0.0656. The summed E-state index contributed by atoms with van der Waals surface area (Å²) in [6.07, 6.45) is -4.71. The van der Waals surface area contributed by atoms with Gasteiger partial charge in [0, 0.05) is 0 Å². The van der Waals surface area contributed by atoms with Gasteiger partial charge in [-0.3, -0.25) is 4.79 Å². The van der Waals surface area contributed by atoms with Gasteiger partial charge >= 0.3 is 12.1 Å². The highest BCUT2D eigenvalue weighted by molar-refractivity contribution is 5.70. The lowest BCUT2D eigenvalue weighted by Gasteiger charge is -2.17. The smallest absolute Gasteiger partial charge is 0.407 e. The van der Waals surface area contributed by atoms with E-state index in [1.807, 2.05) is 13.8 Å². The summed E-state index contributed by atoms with van der Waals surface area (Å²) in [5, 5.41) is 8.59. The third kappa shape index (κ3) is 5.30. The van der Waals surface area contributed by atoms with Gasteiger partial charge in [-0.2, -0.15) is 13.2 Å². The molecule has 1 rings (SSSR count). The Kier molecular flexibility index (Phi) is 6.55. The van der Waals surface area contributed by atoms with Crippen LogP contribution >= 0.6 is 0 Å². The van der Waals surface area contributed by atoms with Crippen molar-refractivity contribution in [2.75, 3.05) is 0 Å². The van der Waals surface area contributed by atoms with Gasteiger partial charge in [0.25, 0.3) is 0 Å². The Hall–Kier alpha value is -1.56. The van der Waals surface area contributed by atoms with Gasteiger partial charge in [0.1, 0.15) is 6.04 Å². The fourth-order valence-corrected chi connectivity index (χ4v) is 1.46. The van der Waals surface area contributed by atoms with Gasteiger partial charge in [0.15, 0.2) is 0 Å². The Morgan fingerprint density at radius 3 is 2.26 bits per heavy atom. The molecule has 0 aromatic heterocycles. The van der Waals surface area contributed by atoms with E-state index in [-0.39, 0.29) is 12.0 Å². The average molecular weight is 277 g/mol. The van der Waals surface area contributed by atoms with E-state index in [0.717, 1.165) is 0 Å². The summed E-state index contributed by atoms with van der Waals surface area (Å²) in [4.78, 5) is 10.5. The predicted molar refractivity (Wildman–Crippen MR) is 66.9 cm³/mol. The number of hydrogen-bond donors (Lipinski definition) is 2. The molecule has 0 saturated carbocycles. The molecule has 0 aliphatic carbocycles. The van der Waals surface area contributed by atoms with Crippen LogP contribution in [0, 0.1) is 6.92 Å². The number of benzene rings is 1. The second-order valence-electron chi connectivity index (χ2n) is 3.78. The average Bonchev–Trinajstić information content (AvgIpc) is 2.32. The van der Waals surface area contributed by atoms with Gasteiger partial charge in [-0.25, -0.2) is 0 Å². The Morgan fingerprint density at radius 1 is 1.37 bits per heavy atom. The van der Waals surface area contributed by atoms with Gasteiger partial charge in [-0.1, -0.05) is 32.0 Å². The number of carboxylic acid groups (broad SMARTS) is 1. The van der Waals surface area contributed by atoms with E-state index in [0.29, 0.717) is 11.1 Å². The Bertz CT molecular complexity index is 430. The van der Waals surface area contributed by atoms with Crippen LogP contribution in [-0.2, 0) is 11.2 Å². The van der Waals surface area contributed by atoms with Crippen LogP contribution < -0.4 is 5.73 Å². The molecule has 6 heteroatoms. The number of alkyl halides is 3. The molecular formula is C13H18F3NO2. The minimum atomic E-state index is -4.50. The third-order valence-corrected chi connectivity index (χ3v) is 2.42. The predicted octanol–water partition coefficient (Wildman–Crippen LogP) is 3.21. The summed E-state index contributed by atoms with van der Waals surface area (Å²) in [6.45, 7) is 5.56. The van der Waals surface area contributed by atoms with Crippen LogP contribution in [0.4, 0.5) is 13.2 Å². The maximum absolute atomic E-state index is 12.4. The summed E-state index contributed by atoms with van der Waals surface area (Å²) in [6, 6.07) is 1.81. The van der Waals surface area contributed by atoms with Crippen molar-refractivity contribution in [2.24, 2.45) is 5.73 Å². The summed E-state index contributed by atoms with van der Waals surface area (Å²) in [7, 11) is 0. The van der Waals surface area contributed by atoms with Crippen molar-refractivity contribution in [3.8, 4) is 0 Å². The fraction of sp³-hybridized carbons (Fsp3) is 0.462. The zero-order valence-corrected chi connectivity index (χ0v) is 11.1. The first-order chi connectivity index (χ1) is 8.71. The van der Waals surface area contributed by atoms with Crippen LogP contribution in [0.3, 0.4) is 0 Å². The van der Waals surface area contributed by atoms with E-state index in [4.69, 9.17) is 10.8 Å². The van der Waals surface area contributed by atoms with E-state index in [1.54, 1.807) is 6.92 Å². The Balaban J connectivity index is 0.00000154. The molecule has 1 aromatic rings. The van der Waals surface area contributed by atoms with E-state index < -0.39 is 18.2 Å². The quantitative estimate of drug-likeness (QED) is 0.891. The first-order valence-electron chi connectivity index (χ1n) is 5.85. The summed E-state index contributed by atoms with van der Waals surface area (Å²) in [5.74, 6) is -1.03. The molecule has 0 fully saturated rings. The van der Waals surface area contributed by atoms with Crippen molar-refractivity contribution in [3.63, 3.8) is 0 Å². The maximum Gasteiger partial charge on any atom is 0.407 e. The Labute approximate surface area is 110 Å². The molecule has 1 atom stereocenters. The molecule has 0 radical (unpaired) electrons. The summed E-state index contributed by atoms with van der Waals surface area (Å²) >= 11 is 0. The molecule has 1 unspecified atom stereocenters. The van der Waals surface area contributed by atoms with Gasteiger partial charge in [-0.05, 0) is 23.6 Å². The van der Waals surface area contributed by atoms with Crippen molar-refractivity contribution in [1.82, 2.24) is 0 Å². The molecule has 0 bridgehead atoms. The zero-order chi connectivity index (χ0) is 15.2. The monoisotopic (exact) mass is 277 g/mol. The molecule has 0 saturated heterocycles. The van der Waals surface area contributed by atoms with Crippen LogP contribution in [0.1, 0.15) is 36.6 Å². The highest BCUT2D eigenvalue weighted by Gasteiger charge is 2.37. The second kappa shape index (κ2) is 7.13. The topological polar surface area (TPSA) is 63.3 Å². The number of hydrogen-bond acceptors (Lipinski definition) is 2. The number of nitrogens with two attached hydrogens (primary N) is 1. The third-order valence-electron chi connectivity index (χ3n) is 2.42. The molecular weight excluding hydrogens is 259 g/mol. The standard InChI is InChI=1S/C11H12F3NO2.C2H6/c1-6-4-8(10(15)11(12,13)14)3-2-7(6)5-9(16)17;1-2/h2-4,10H,5,15H2,1H3,(H,16,17);1-2H3. The molecule has 19 heavy (non-hydrogen) atoms. The van der Waals surface area contributed by atoms with E-state index in [9.17, 15) is 18.0 Å². The lowest BCUT2D eigenvalue weighted by molar-refractivity contribution is -0.149. The number of carbonyl (C=O) groups is 1. The van der Waals surface area contributed by atoms with Crippen molar-refractivity contribution < 1.29 is 23.1 Å². The van der Waals surface area contributed by atoms with Crippen LogP contribution in [-0.4, -0.2) is 17.3 Å². The minimum Gasteiger partial charge on any atom is -0.481 e. The zero-order valence-electron chi connectivity index (χ0n) is 11.1. The number of halogens is 3. The maximum atomic E-state index is 12.4. The number of aliphatic carboxylic acids is 1. The second-order valence-corrected chi connectivity index (χ2v) is 3.78. The number of carboxylic acids is 1. The molecule has 0 amide bonds. The van der Waals surface area contributed by atoms with Crippen molar-refractivity contribution in [3.05, 3.63) is 34.9 Å². The highest BCUT2D eigenvalue weighted by Crippen LogP contribution is 2.31. The largest absolute Gasteiger partial charge is 0.481 e. The lowest BCUT2D eigenvalue weighted by atomic mass is 9.99. The number of aryl methyl sites for hydroxylation is 1. The fourth-order valence-electron chi connectivity index (χ4n) is 1.46. The van der Waals surface area contributed by atoms with Gasteiger partial charge in [-0.15, -0.1) is 0 Å². The van der Waals surface area contributed by atoms with E-state index in [1.165, 1.54) is 18.2 Å². The molecule has 0 heterocycles. The molecule has 0 aliphatic heterocycles. The van der Waals surface area contributed by atoms with Gasteiger partial charge in [0.05, 0.1) is 6.42 Å². The van der Waals surface area contributed by atoms with E-state index >= 15 is 0 Å². The van der Waals surface area contributed by atoms with Crippen LogP contribution in [0.15, 0.2) is 18.2 Å². The van der Waals surface area contributed by atoms with Crippen molar-refractivity contribution in [2.45, 2.75) is 39.4 Å². The van der Waals surface area contributed by atoms with Gasteiger partial charge < -0.3 is 10.8 Å². The van der Waals surface area contributed by atoms with Crippen molar-refractivity contribution in [1.29, 1.82) is 0 Å². The summed E-state index contributed by atoms with van der Waals surface area (Å²) < 4.78 is 37.1. The highest BCUT2D eigenvalue weighted by atomic mass is 19.4. The summed E-state index contributed by atoms with van der Waals surface area (Å²) in [5.41, 5.74) is 5.96. The normalized spacial score (nSPS) is 12.4. The van der Waals surface area contributed by atoms with E-state index in [2.05, 4.69) is 0 Å².